The van der Waals surface area contributed by atoms with Crippen molar-refractivity contribution >= 4 is 40.4 Å². The second-order valence-electron chi connectivity index (χ2n) is 6.34. The molecular formula is C18H21ClN4O2S. The lowest BCUT2D eigenvalue weighted by molar-refractivity contribution is -0.132. The fourth-order valence-electron chi connectivity index (χ4n) is 2.99. The van der Waals surface area contributed by atoms with E-state index >= 15 is 0 Å². The monoisotopic (exact) mass is 392 g/mol. The normalized spacial score (nSPS) is 17.2. The minimum absolute atomic E-state index is 0.152. The molecule has 1 atom stereocenters. The van der Waals surface area contributed by atoms with Gasteiger partial charge in [0.15, 0.2) is 0 Å². The second kappa shape index (κ2) is 8.60. The quantitative estimate of drug-likeness (QED) is 0.835. The van der Waals surface area contributed by atoms with Gasteiger partial charge in [0, 0.05) is 36.1 Å². The zero-order valence-electron chi connectivity index (χ0n) is 14.6. The number of carbonyl (C=O) groups excluding carboxylic acids is 2. The number of nitrogens with zero attached hydrogens (tertiary/aromatic N) is 3. The zero-order valence-corrected chi connectivity index (χ0v) is 16.1. The number of anilines is 1. The average molecular weight is 393 g/mol. The SMILES string of the molecule is CCCC(=O)N1CCC[C@@H](c2nnc(C(=O)Nc3ccc(Cl)cc3)s2)C1. The molecule has 1 N–H and O–H groups in total. The van der Waals surface area contributed by atoms with Gasteiger partial charge in [-0.05, 0) is 43.5 Å². The highest BCUT2D eigenvalue weighted by molar-refractivity contribution is 7.13. The van der Waals surface area contributed by atoms with Gasteiger partial charge in [-0.1, -0.05) is 29.9 Å². The Kier molecular flexibility index (Phi) is 6.21. The molecule has 0 aliphatic carbocycles. The number of nitrogens with one attached hydrogen (secondary N) is 1. The number of aromatic nitrogens is 2. The maximum Gasteiger partial charge on any atom is 0.286 e. The topological polar surface area (TPSA) is 75.2 Å². The lowest BCUT2D eigenvalue weighted by atomic mass is 9.98. The summed E-state index contributed by atoms with van der Waals surface area (Å²) in [7, 11) is 0. The maximum atomic E-state index is 12.4. The molecule has 0 spiro atoms. The summed E-state index contributed by atoms with van der Waals surface area (Å²) < 4.78 is 0. The molecule has 8 heteroatoms. The molecule has 1 aliphatic rings. The third-order valence-electron chi connectivity index (χ3n) is 4.32. The van der Waals surface area contributed by atoms with Crippen molar-refractivity contribution in [1.82, 2.24) is 15.1 Å². The van der Waals surface area contributed by atoms with Crippen LogP contribution in [0.15, 0.2) is 24.3 Å². The third-order valence-corrected chi connectivity index (χ3v) is 5.66. The molecule has 138 valence electrons. The largest absolute Gasteiger partial charge is 0.342 e. The van der Waals surface area contributed by atoms with E-state index in [1.807, 2.05) is 11.8 Å². The van der Waals surface area contributed by atoms with Gasteiger partial charge in [-0.15, -0.1) is 10.2 Å². The molecule has 1 fully saturated rings. The highest BCUT2D eigenvalue weighted by atomic mass is 35.5. The van der Waals surface area contributed by atoms with Gasteiger partial charge in [0.1, 0.15) is 5.01 Å². The van der Waals surface area contributed by atoms with Crippen molar-refractivity contribution in [3.05, 3.63) is 39.3 Å². The second-order valence-corrected chi connectivity index (χ2v) is 7.78. The van der Waals surface area contributed by atoms with Crippen molar-refractivity contribution in [3.63, 3.8) is 0 Å². The van der Waals surface area contributed by atoms with Gasteiger partial charge < -0.3 is 10.2 Å². The average Bonchev–Trinajstić information content (AvgIpc) is 3.14. The molecule has 0 bridgehead atoms. The van der Waals surface area contributed by atoms with Crippen LogP contribution < -0.4 is 5.32 Å². The van der Waals surface area contributed by atoms with E-state index in [0.717, 1.165) is 30.8 Å². The standard InChI is InChI=1S/C18H21ClN4O2S/c1-2-4-15(24)23-10-3-5-12(11-23)17-21-22-18(26-17)16(25)20-14-8-6-13(19)7-9-14/h6-9,12H,2-5,10-11H2,1H3,(H,20,25)/t12-/m1/s1. The van der Waals surface area contributed by atoms with Crippen molar-refractivity contribution in [2.24, 2.45) is 0 Å². The molecule has 1 aromatic heterocycles. The molecule has 26 heavy (non-hydrogen) atoms. The van der Waals surface area contributed by atoms with E-state index in [0.29, 0.717) is 28.7 Å². The molecule has 0 unspecified atom stereocenters. The molecule has 2 heterocycles. The summed E-state index contributed by atoms with van der Waals surface area (Å²) in [5.41, 5.74) is 0.658. The Labute approximate surface area is 161 Å². The maximum absolute atomic E-state index is 12.4. The lowest BCUT2D eigenvalue weighted by Gasteiger charge is -2.31. The van der Waals surface area contributed by atoms with E-state index < -0.39 is 0 Å². The molecule has 1 aliphatic heterocycles. The first kappa shape index (κ1) is 18.8. The number of likely N-dealkylation sites (tertiary alicyclic amines) is 1. The van der Waals surface area contributed by atoms with Gasteiger partial charge >= 0.3 is 0 Å². The fourth-order valence-corrected chi connectivity index (χ4v) is 3.98. The van der Waals surface area contributed by atoms with E-state index in [2.05, 4.69) is 15.5 Å². The number of benzene rings is 1. The molecule has 0 radical (unpaired) electrons. The van der Waals surface area contributed by atoms with Crippen LogP contribution in [-0.2, 0) is 4.79 Å². The predicted molar refractivity (Wildman–Crippen MR) is 103 cm³/mol. The van der Waals surface area contributed by atoms with Gasteiger partial charge in [0.2, 0.25) is 10.9 Å². The van der Waals surface area contributed by atoms with Crippen molar-refractivity contribution in [1.29, 1.82) is 0 Å². The van der Waals surface area contributed by atoms with Gasteiger partial charge in [0.25, 0.3) is 5.91 Å². The minimum atomic E-state index is -0.286. The van der Waals surface area contributed by atoms with Crippen molar-refractivity contribution in [2.75, 3.05) is 18.4 Å². The smallest absolute Gasteiger partial charge is 0.286 e. The Morgan fingerprint density at radius 1 is 1.31 bits per heavy atom. The fraction of sp³-hybridized carbons (Fsp3) is 0.444. The molecule has 2 amide bonds. The zero-order chi connectivity index (χ0) is 18.5. The van der Waals surface area contributed by atoms with E-state index in [-0.39, 0.29) is 17.7 Å². The summed E-state index contributed by atoms with van der Waals surface area (Å²) in [6.45, 7) is 3.47. The Hall–Kier alpha value is -1.99. The molecule has 1 saturated heterocycles. The van der Waals surface area contributed by atoms with Gasteiger partial charge in [-0.3, -0.25) is 9.59 Å². The highest BCUT2D eigenvalue weighted by Crippen LogP contribution is 2.29. The number of hydrogen-bond acceptors (Lipinski definition) is 5. The van der Waals surface area contributed by atoms with Crippen LogP contribution in [0, 0.1) is 0 Å². The minimum Gasteiger partial charge on any atom is -0.342 e. The van der Waals surface area contributed by atoms with E-state index in [9.17, 15) is 9.59 Å². The first-order valence-corrected chi connectivity index (χ1v) is 9.94. The molecule has 2 aromatic rings. The van der Waals surface area contributed by atoms with E-state index in [1.54, 1.807) is 24.3 Å². The van der Waals surface area contributed by atoms with Crippen LogP contribution in [0.1, 0.15) is 53.3 Å². The molecule has 3 rings (SSSR count). The molecule has 0 saturated carbocycles. The summed E-state index contributed by atoms with van der Waals surface area (Å²) in [6.07, 6.45) is 3.35. The Balaban J connectivity index is 1.64. The van der Waals surface area contributed by atoms with Gasteiger partial charge in [-0.2, -0.15) is 0 Å². The number of piperidine rings is 1. The van der Waals surface area contributed by atoms with Gasteiger partial charge in [0.05, 0.1) is 0 Å². The Morgan fingerprint density at radius 3 is 2.81 bits per heavy atom. The van der Waals surface area contributed by atoms with Crippen molar-refractivity contribution in [3.8, 4) is 0 Å². The first-order chi connectivity index (χ1) is 12.6. The summed E-state index contributed by atoms with van der Waals surface area (Å²) in [6, 6.07) is 6.90. The van der Waals surface area contributed by atoms with Crippen LogP contribution in [0.5, 0.6) is 0 Å². The predicted octanol–water partition coefficient (Wildman–Crippen LogP) is 3.95. The highest BCUT2D eigenvalue weighted by Gasteiger charge is 2.27. The third kappa shape index (κ3) is 4.59. The lowest BCUT2D eigenvalue weighted by Crippen LogP contribution is -2.38. The van der Waals surface area contributed by atoms with Crippen molar-refractivity contribution < 1.29 is 9.59 Å². The number of amides is 2. The van der Waals surface area contributed by atoms with Crippen LogP contribution in [-0.4, -0.2) is 40.0 Å². The number of carbonyl (C=O) groups is 2. The van der Waals surface area contributed by atoms with E-state index in [1.165, 1.54) is 11.3 Å². The Bertz CT molecular complexity index is 778. The number of hydrogen-bond donors (Lipinski definition) is 1. The molecular weight excluding hydrogens is 372 g/mol. The van der Waals surface area contributed by atoms with E-state index in [4.69, 9.17) is 11.6 Å². The summed E-state index contributed by atoms with van der Waals surface area (Å²) >= 11 is 7.15. The first-order valence-electron chi connectivity index (χ1n) is 8.75. The number of halogens is 1. The van der Waals surface area contributed by atoms with Crippen LogP contribution in [0.2, 0.25) is 5.02 Å². The van der Waals surface area contributed by atoms with Crippen molar-refractivity contribution in [2.45, 2.75) is 38.5 Å². The Morgan fingerprint density at radius 2 is 2.08 bits per heavy atom. The van der Waals surface area contributed by atoms with Crippen LogP contribution in [0.25, 0.3) is 0 Å². The van der Waals surface area contributed by atoms with Crippen LogP contribution in [0.3, 0.4) is 0 Å². The molecule has 6 nitrogen and oxygen atoms in total. The van der Waals surface area contributed by atoms with Gasteiger partial charge in [-0.25, -0.2) is 0 Å². The summed E-state index contributed by atoms with van der Waals surface area (Å²) in [4.78, 5) is 26.4. The summed E-state index contributed by atoms with van der Waals surface area (Å²) in [5, 5.41) is 12.8. The van der Waals surface area contributed by atoms with Crippen LogP contribution >= 0.6 is 22.9 Å². The van der Waals surface area contributed by atoms with Crippen LogP contribution in [0.4, 0.5) is 5.69 Å². The summed E-state index contributed by atoms with van der Waals surface area (Å²) in [5.74, 6) is 0.0624. The molecule has 1 aromatic carbocycles. The number of rotatable bonds is 5.